The van der Waals surface area contributed by atoms with E-state index >= 15 is 0 Å². The van der Waals surface area contributed by atoms with Gasteiger partial charge in [0.1, 0.15) is 5.69 Å². The summed E-state index contributed by atoms with van der Waals surface area (Å²) < 4.78 is 1.67. The first kappa shape index (κ1) is 7.91. The topological polar surface area (TPSA) is 47.8 Å². The molecule has 0 saturated heterocycles. The van der Waals surface area contributed by atoms with Gasteiger partial charge in [0.2, 0.25) is 0 Å². The minimum Gasteiger partial charge on any atom is -0.293 e. The number of aryl methyl sites for hydroxylation is 1. The molecule has 0 aliphatic heterocycles. The van der Waals surface area contributed by atoms with Gasteiger partial charge in [0, 0.05) is 25.6 Å². The molecule has 0 aliphatic rings. The van der Waals surface area contributed by atoms with E-state index in [1.165, 1.54) is 6.92 Å². The average molecular weight is 175 g/mol. The van der Waals surface area contributed by atoms with E-state index in [4.69, 9.17) is 0 Å². The molecule has 0 radical (unpaired) electrons. The monoisotopic (exact) mass is 175 g/mol. The van der Waals surface area contributed by atoms with Crippen LogP contribution in [0.15, 0.2) is 18.5 Å². The third-order valence-corrected chi connectivity index (χ3v) is 1.99. The SMILES string of the molecule is CC(=O)c1nn(C)c2cnccc12. The van der Waals surface area contributed by atoms with Crippen molar-refractivity contribution >= 4 is 16.7 Å². The molecule has 66 valence electrons. The number of fused-ring (bicyclic) bond motifs is 1. The summed E-state index contributed by atoms with van der Waals surface area (Å²) in [6.07, 6.45) is 3.37. The Morgan fingerprint density at radius 3 is 3.00 bits per heavy atom. The van der Waals surface area contributed by atoms with Crippen molar-refractivity contribution in [2.45, 2.75) is 6.92 Å². The maximum Gasteiger partial charge on any atom is 0.180 e. The van der Waals surface area contributed by atoms with Crippen LogP contribution in [-0.4, -0.2) is 20.5 Å². The number of Topliss-reactive ketones (excluding diaryl/α,β-unsaturated/α-hetero) is 1. The van der Waals surface area contributed by atoms with Gasteiger partial charge in [0.15, 0.2) is 5.78 Å². The molecule has 2 rings (SSSR count). The van der Waals surface area contributed by atoms with Crippen LogP contribution in [0, 0.1) is 0 Å². The zero-order valence-corrected chi connectivity index (χ0v) is 7.48. The van der Waals surface area contributed by atoms with Crippen molar-refractivity contribution in [3.8, 4) is 0 Å². The molecule has 0 fully saturated rings. The average Bonchev–Trinajstić information content (AvgIpc) is 2.45. The maximum absolute atomic E-state index is 11.2. The smallest absolute Gasteiger partial charge is 0.180 e. The molecule has 0 aliphatic carbocycles. The Balaban J connectivity index is 2.85. The fraction of sp³-hybridized carbons (Fsp3) is 0.222. The number of nitrogens with zero attached hydrogens (tertiary/aromatic N) is 3. The molecule has 0 aromatic carbocycles. The number of carbonyl (C=O) groups excluding carboxylic acids is 1. The highest BCUT2D eigenvalue weighted by molar-refractivity contribution is 6.04. The van der Waals surface area contributed by atoms with Crippen molar-refractivity contribution in [2.75, 3.05) is 0 Å². The van der Waals surface area contributed by atoms with E-state index in [1.807, 2.05) is 0 Å². The molecule has 2 aromatic heterocycles. The van der Waals surface area contributed by atoms with E-state index in [0.29, 0.717) is 5.69 Å². The van der Waals surface area contributed by atoms with Crippen molar-refractivity contribution in [2.24, 2.45) is 7.05 Å². The van der Waals surface area contributed by atoms with Crippen molar-refractivity contribution in [1.82, 2.24) is 14.8 Å². The second kappa shape index (κ2) is 2.65. The molecular weight excluding hydrogens is 166 g/mol. The summed E-state index contributed by atoms with van der Waals surface area (Å²) in [5.74, 6) is -0.0169. The second-order valence-electron chi connectivity index (χ2n) is 2.92. The van der Waals surface area contributed by atoms with Crippen molar-refractivity contribution in [1.29, 1.82) is 0 Å². The fourth-order valence-electron chi connectivity index (χ4n) is 1.36. The van der Waals surface area contributed by atoms with Gasteiger partial charge in [0.05, 0.1) is 11.7 Å². The Morgan fingerprint density at radius 2 is 2.31 bits per heavy atom. The van der Waals surface area contributed by atoms with Crippen LogP contribution in [-0.2, 0) is 7.05 Å². The molecule has 0 spiro atoms. The molecule has 0 unspecified atom stereocenters. The predicted molar refractivity (Wildman–Crippen MR) is 48.5 cm³/mol. The van der Waals surface area contributed by atoms with Gasteiger partial charge < -0.3 is 0 Å². The number of rotatable bonds is 1. The first-order valence-electron chi connectivity index (χ1n) is 3.98. The molecular formula is C9H9N3O. The van der Waals surface area contributed by atoms with Crippen LogP contribution < -0.4 is 0 Å². The van der Waals surface area contributed by atoms with Crippen LogP contribution in [0.25, 0.3) is 10.9 Å². The molecule has 4 nitrogen and oxygen atoms in total. The zero-order valence-electron chi connectivity index (χ0n) is 7.48. The second-order valence-corrected chi connectivity index (χ2v) is 2.92. The number of ketones is 1. The van der Waals surface area contributed by atoms with Gasteiger partial charge in [0.25, 0.3) is 0 Å². The first-order valence-corrected chi connectivity index (χ1v) is 3.98. The summed E-state index contributed by atoms with van der Waals surface area (Å²) in [6.45, 7) is 1.52. The van der Waals surface area contributed by atoms with Crippen LogP contribution in [0.1, 0.15) is 17.4 Å². The minimum atomic E-state index is -0.0169. The first-order chi connectivity index (χ1) is 6.20. The molecule has 13 heavy (non-hydrogen) atoms. The fourth-order valence-corrected chi connectivity index (χ4v) is 1.36. The highest BCUT2D eigenvalue weighted by Gasteiger charge is 2.11. The molecule has 2 aromatic rings. The minimum absolute atomic E-state index is 0.0169. The predicted octanol–water partition coefficient (Wildman–Crippen LogP) is 1.17. The molecule has 0 amide bonds. The highest BCUT2D eigenvalue weighted by Crippen LogP contribution is 2.16. The molecule has 0 atom stereocenters. The van der Waals surface area contributed by atoms with Crippen molar-refractivity contribution in [3.05, 3.63) is 24.2 Å². The summed E-state index contributed by atoms with van der Waals surface area (Å²) >= 11 is 0. The normalized spacial score (nSPS) is 10.6. The van der Waals surface area contributed by atoms with E-state index in [-0.39, 0.29) is 5.78 Å². The van der Waals surface area contributed by atoms with Gasteiger partial charge in [-0.1, -0.05) is 0 Å². The largest absolute Gasteiger partial charge is 0.293 e. The Hall–Kier alpha value is -1.71. The summed E-state index contributed by atoms with van der Waals surface area (Å²) in [5.41, 5.74) is 1.40. The van der Waals surface area contributed by atoms with Gasteiger partial charge >= 0.3 is 0 Å². The Bertz CT molecular complexity index is 473. The third-order valence-electron chi connectivity index (χ3n) is 1.99. The summed E-state index contributed by atoms with van der Waals surface area (Å²) in [6, 6.07) is 1.80. The van der Waals surface area contributed by atoms with Gasteiger partial charge in [-0.2, -0.15) is 5.10 Å². The lowest BCUT2D eigenvalue weighted by Gasteiger charge is -1.89. The molecule has 0 N–H and O–H groups in total. The zero-order chi connectivity index (χ0) is 9.42. The molecule has 4 heteroatoms. The maximum atomic E-state index is 11.2. The van der Waals surface area contributed by atoms with Crippen LogP contribution in [0.2, 0.25) is 0 Å². The summed E-state index contributed by atoms with van der Waals surface area (Å²) in [7, 11) is 1.80. The van der Waals surface area contributed by atoms with E-state index in [9.17, 15) is 4.79 Å². The highest BCUT2D eigenvalue weighted by atomic mass is 16.1. The number of pyridine rings is 1. The quantitative estimate of drug-likeness (QED) is 0.611. The van der Waals surface area contributed by atoms with Gasteiger partial charge in [-0.05, 0) is 6.07 Å². The summed E-state index contributed by atoms with van der Waals surface area (Å²) in [5, 5.41) is 4.98. The van der Waals surface area contributed by atoms with Crippen molar-refractivity contribution < 1.29 is 4.79 Å². The van der Waals surface area contributed by atoms with Crippen LogP contribution in [0.3, 0.4) is 0 Å². The number of hydrogen-bond acceptors (Lipinski definition) is 3. The lowest BCUT2D eigenvalue weighted by atomic mass is 10.2. The van der Waals surface area contributed by atoms with Gasteiger partial charge in [-0.15, -0.1) is 0 Å². The molecule has 0 bridgehead atoms. The van der Waals surface area contributed by atoms with Gasteiger partial charge in [-0.3, -0.25) is 14.5 Å². The standard InChI is InChI=1S/C9H9N3O/c1-6(13)9-7-3-4-10-5-8(7)12(2)11-9/h3-5H,1-2H3. The van der Waals surface area contributed by atoms with E-state index in [0.717, 1.165) is 10.9 Å². The van der Waals surface area contributed by atoms with E-state index in [1.54, 1.807) is 30.2 Å². The van der Waals surface area contributed by atoms with E-state index < -0.39 is 0 Å². The lowest BCUT2D eigenvalue weighted by molar-refractivity contribution is 0.101. The van der Waals surface area contributed by atoms with E-state index in [2.05, 4.69) is 10.1 Å². The Morgan fingerprint density at radius 1 is 1.54 bits per heavy atom. The molecule has 2 heterocycles. The number of hydrogen-bond donors (Lipinski definition) is 0. The van der Waals surface area contributed by atoms with Crippen LogP contribution >= 0.6 is 0 Å². The number of carbonyl (C=O) groups is 1. The van der Waals surface area contributed by atoms with Crippen LogP contribution in [0.4, 0.5) is 0 Å². The summed E-state index contributed by atoms with van der Waals surface area (Å²) in [4.78, 5) is 15.2. The van der Waals surface area contributed by atoms with Crippen molar-refractivity contribution in [3.63, 3.8) is 0 Å². The Labute approximate surface area is 75.2 Å². The Kier molecular flexibility index (Phi) is 1.62. The number of aromatic nitrogens is 3. The van der Waals surface area contributed by atoms with Gasteiger partial charge in [-0.25, -0.2) is 0 Å². The lowest BCUT2D eigenvalue weighted by Crippen LogP contribution is -1.95. The molecule has 0 saturated carbocycles. The third kappa shape index (κ3) is 1.11. The van der Waals surface area contributed by atoms with Crippen LogP contribution in [0.5, 0.6) is 0 Å².